The van der Waals surface area contributed by atoms with Crippen LogP contribution in [0.1, 0.15) is 18.1 Å². The van der Waals surface area contributed by atoms with E-state index in [4.69, 9.17) is 0 Å². The van der Waals surface area contributed by atoms with E-state index >= 15 is 0 Å². The molecule has 0 aliphatic rings. The lowest BCUT2D eigenvalue weighted by Crippen LogP contribution is -2.35. The van der Waals surface area contributed by atoms with Crippen LogP contribution in [-0.2, 0) is 4.79 Å². The summed E-state index contributed by atoms with van der Waals surface area (Å²) in [7, 11) is 0. The normalized spacial score (nSPS) is 12.2. The summed E-state index contributed by atoms with van der Waals surface area (Å²) >= 11 is 0. The Morgan fingerprint density at radius 2 is 1.81 bits per heavy atom. The van der Waals surface area contributed by atoms with E-state index < -0.39 is 6.04 Å². The topological polar surface area (TPSA) is 73.7 Å². The number of hydrogen-bond acceptors (Lipinski definition) is 4. The molecule has 0 aliphatic heterocycles. The smallest absolute Gasteiger partial charge is 0.262 e. The van der Waals surface area contributed by atoms with Crippen LogP contribution in [0.5, 0.6) is 5.75 Å². The standard InChI is InChI=1S/C21H21N3O2/c1-14-7-3-6-10-19(14)23-15(2)21(26)24-22-13-18-17-9-5-4-8-16(17)11-12-20(18)25/h3-13,15,23,25H,1-2H3,(H,24,26)/b22-13+. The maximum Gasteiger partial charge on any atom is 0.262 e. The predicted octanol–water partition coefficient (Wildman–Crippen LogP) is 3.80. The molecule has 0 aliphatic carbocycles. The molecule has 3 aromatic rings. The van der Waals surface area contributed by atoms with E-state index in [1.807, 2.05) is 61.5 Å². The van der Waals surface area contributed by atoms with Crippen LogP contribution >= 0.6 is 0 Å². The largest absolute Gasteiger partial charge is 0.507 e. The van der Waals surface area contributed by atoms with Crippen molar-refractivity contribution in [2.45, 2.75) is 19.9 Å². The summed E-state index contributed by atoms with van der Waals surface area (Å²) in [4.78, 5) is 12.2. The molecule has 0 fully saturated rings. The fourth-order valence-electron chi connectivity index (χ4n) is 2.71. The van der Waals surface area contributed by atoms with Crippen LogP contribution in [0.3, 0.4) is 0 Å². The van der Waals surface area contributed by atoms with Crippen molar-refractivity contribution < 1.29 is 9.90 Å². The second kappa shape index (κ2) is 7.70. The number of hydrazone groups is 1. The number of hydrogen-bond donors (Lipinski definition) is 3. The van der Waals surface area contributed by atoms with E-state index in [9.17, 15) is 9.90 Å². The van der Waals surface area contributed by atoms with Gasteiger partial charge in [0, 0.05) is 11.3 Å². The minimum absolute atomic E-state index is 0.118. The zero-order valence-electron chi connectivity index (χ0n) is 14.7. The average Bonchev–Trinajstić information content (AvgIpc) is 2.65. The summed E-state index contributed by atoms with van der Waals surface area (Å²) in [6, 6.07) is 18.5. The molecule has 5 heteroatoms. The first-order chi connectivity index (χ1) is 12.6. The highest BCUT2D eigenvalue weighted by Crippen LogP contribution is 2.25. The number of anilines is 1. The van der Waals surface area contributed by atoms with Crippen LogP contribution in [0.15, 0.2) is 65.8 Å². The third-order valence-corrected chi connectivity index (χ3v) is 4.23. The molecule has 0 saturated heterocycles. The lowest BCUT2D eigenvalue weighted by Gasteiger charge is -2.15. The van der Waals surface area contributed by atoms with Gasteiger partial charge in [-0.05, 0) is 42.3 Å². The monoisotopic (exact) mass is 347 g/mol. The number of aryl methyl sites for hydroxylation is 1. The lowest BCUT2D eigenvalue weighted by molar-refractivity contribution is -0.121. The van der Waals surface area contributed by atoms with Gasteiger partial charge in [-0.3, -0.25) is 4.79 Å². The molecule has 0 saturated carbocycles. The zero-order chi connectivity index (χ0) is 18.5. The van der Waals surface area contributed by atoms with Crippen molar-refractivity contribution >= 4 is 28.6 Å². The maximum absolute atomic E-state index is 12.2. The van der Waals surface area contributed by atoms with E-state index in [2.05, 4.69) is 15.8 Å². The lowest BCUT2D eigenvalue weighted by atomic mass is 10.0. The van der Waals surface area contributed by atoms with Crippen LogP contribution in [0.4, 0.5) is 5.69 Å². The number of carbonyl (C=O) groups excluding carboxylic acids is 1. The van der Waals surface area contributed by atoms with Crippen molar-refractivity contribution in [1.82, 2.24) is 5.43 Å². The van der Waals surface area contributed by atoms with Gasteiger partial charge in [0.25, 0.3) is 5.91 Å². The molecule has 1 unspecified atom stereocenters. The predicted molar refractivity (Wildman–Crippen MR) is 106 cm³/mol. The first-order valence-corrected chi connectivity index (χ1v) is 8.42. The molecule has 3 aromatic carbocycles. The second-order valence-corrected chi connectivity index (χ2v) is 6.13. The Balaban J connectivity index is 1.70. The molecule has 26 heavy (non-hydrogen) atoms. The molecule has 1 amide bonds. The number of amides is 1. The number of rotatable bonds is 5. The van der Waals surface area contributed by atoms with Gasteiger partial charge in [-0.25, -0.2) is 5.43 Å². The molecule has 1 atom stereocenters. The van der Waals surface area contributed by atoms with Gasteiger partial charge < -0.3 is 10.4 Å². The first-order valence-electron chi connectivity index (χ1n) is 8.42. The molecule has 132 valence electrons. The van der Waals surface area contributed by atoms with Crippen LogP contribution in [0.25, 0.3) is 10.8 Å². The summed E-state index contributed by atoms with van der Waals surface area (Å²) in [5.41, 5.74) is 5.07. The average molecular weight is 347 g/mol. The molecule has 0 radical (unpaired) electrons. The number of carbonyl (C=O) groups is 1. The Labute approximate surface area is 152 Å². The molecule has 3 rings (SSSR count). The first kappa shape index (κ1) is 17.5. The van der Waals surface area contributed by atoms with Crippen LogP contribution < -0.4 is 10.7 Å². The Bertz CT molecular complexity index is 966. The van der Waals surface area contributed by atoms with Gasteiger partial charge in [-0.15, -0.1) is 0 Å². The number of phenolic OH excluding ortho intramolecular Hbond substituents is 1. The van der Waals surface area contributed by atoms with Crippen molar-refractivity contribution in [2.75, 3.05) is 5.32 Å². The second-order valence-electron chi connectivity index (χ2n) is 6.13. The number of phenols is 1. The van der Waals surface area contributed by atoms with E-state index in [1.165, 1.54) is 6.21 Å². The maximum atomic E-state index is 12.2. The van der Waals surface area contributed by atoms with Gasteiger partial charge in [0.1, 0.15) is 11.8 Å². The molecule has 0 spiro atoms. The molecule has 0 aromatic heterocycles. The Morgan fingerprint density at radius 1 is 1.08 bits per heavy atom. The fraction of sp³-hybridized carbons (Fsp3) is 0.143. The van der Waals surface area contributed by atoms with Crippen molar-refractivity contribution in [2.24, 2.45) is 5.10 Å². The molecular formula is C21H21N3O2. The van der Waals surface area contributed by atoms with E-state index in [-0.39, 0.29) is 11.7 Å². The number of aromatic hydroxyl groups is 1. The van der Waals surface area contributed by atoms with E-state index in [0.29, 0.717) is 5.56 Å². The highest BCUT2D eigenvalue weighted by molar-refractivity contribution is 6.02. The van der Waals surface area contributed by atoms with Crippen molar-refractivity contribution in [1.29, 1.82) is 0 Å². The van der Waals surface area contributed by atoms with Gasteiger partial charge in [0.05, 0.1) is 6.21 Å². The molecule has 3 N–H and O–H groups in total. The Morgan fingerprint density at radius 3 is 2.62 bits per heavy atom. The third-order valence-electron chi connectivity index (χ3n) is 4.23. The third kappa shape index (κ3) is 3.83. The van der Waals surface area contributed by atoms with Crippen LogP contribution in [0.2, 0.25) is 0 Å². The molecular weight excluding hydrogens is 326 g/mol. The van der Waals surface area contributed by atoms with E-state index in [0.717, 1.165) is 22.0 Å². The van der Waals surface area contributed by atoms with Gasteiger partial charge in [-0.2, -0.15) is 5.10 Å². The summed E-state index contributed by atoms with van der Waals surface area (Å²) < 4.78 is 0. The SMILES string of the molecule is Cc1ccccc1NC(C)C(=O)N/N=C/c1c(O)ccc2ccccc12. The highest BCUT2D eigenvalue weighted by Gasteiger charge is 2.12. The molecule has 0 bridgehead atoms. The number of fused-ring (bicyclic) bond motifs is 1. The van der Waals surface area contributed by atoms with Crippen LogP contribution in [0, 0.1) is 6.92 Å². The number of para-hydroxylation sites is 1. The highest BCUT2D eigenvalue weighted by atomic mass is 16.3. The summed E-state index contributed by atoms with van der Waals surface area (Å²) in [5.74, 6) is -0.142. The van der Waals surface area contributed by atoms with Gasteiger partial charge >= 0.3 is 0 Å². The molecule has 5 nitrogen and oxygen atoms in total. The zero-order valence-corrected chi connectivity index (χ0v) is 14.7. The Kier molecular flexibility index (Phi) is 5.17. The summed E-state index contributed by atoms with van der Waals surface area (Å²) in [6.45, 7) is 3.75. The van der Waals surface area contributed by atoms with E-state index in [1.54, 1.807) is 13.0 Å². The minimum atomic E-state index is -0.450. The van der Waals surface area contributed by atoms with Crippen LogP contribution in [-0.4, -0.2) is 23.3 Å². The minimum Gasteiger partial charge on any atom is -0.507 e. The summed E-state index contributed by atoms with van der Waals surface area (Å²) in [6.07, 6.45) is 1.47. The fourth-order valence-corrected chi connectivity index (χ4v) is 2.71. The number of nitrogens with zero attached hydrogens (tertiary/aromatic N) is 1. The van der Waals surface area contributed by atoms with Gasteiger partial charge in [0.15, 0.2) is 0 Å². The van der Waals surface area contributed by atoms with Crippen molar-refractivity contribution in [3.8, 4) is 5.75 Å². The van der Waals surface area contributed by atoms with Crippen molar-refractivity contribution in [3.05, 3.63) is 71.8 Å². The quantitative estimate of drug-likeness (QED) is 0.485. The number of nitrogens with one attached hydrogen (secondary N) is 2. The number of benzene rings is 3. The van der Waals surface area contributed by atoms with Crippen molar-refractivity contribution in [3.63, 3.8) is 0 Å². The van der Waals surface area contributed by atoms with Gasteiger partial charge in [0.2, 0.25) is 0 Å². The Hall–Kier alpha value is -3.34. The van der Waals surface area contributed by atoms with Gasteiger partial charge in [-0.1, -0.05) is 48.5 Å². The molecule has 0 heterocycles. The summed E-state index contributed by atoms with van der Waals surface area (Å²) in [5, 5.41) is 19.1.